The van der Waals surface area contributed by atoms with Crippen molar-refractivity contribution < 1.29 is 9.66 Å². The predicted octanol–water partition coefficient (Wildman–Crippen LogP) is 2.48. The highest BCUT2D eigenvalue weighted by molar-refractivity contribution is 5.59. The molecule has 1 aromatic carbocycles. The Hall–Kier alpha value is -3.14. The highest BCUT2D eigenvalue weighted by Gasteiger charge is 2.14. The summed E-state index contributed by atoms with van der Waals surface area (Å²) in [6.45, 7) is 0.460. The van der Waals surface area contributed by atoms with Crippen molar-refractivity contribution >= 4 is 11.4 Å². The minimum Gasteiger partial charge on any atom is -0.481 e. The number of nitro groups is 1. The summed E-state index contributed by atoms with van der Waals surface area (Å²) in [5.74, 6) is 0.500. The number of hydrogen-bond donors (Lipinski definition) is 1. The Labute approximate surface area is 121 Å². The first-order valence-corrected chi connectivity index (χ1v) is 6.05. The number of aromatic nitrogens is 1. The van der Waals surface area contributed by atoms with Gasteiger partial charge in [0.15, 0.2) is 0 Å². The maximum absolute atomic E-state index is 10.9. The van der Waals surface area contributed by atoms with Crippen LogP contribution in [0.25, 0.3) is 0 Å². The molecule has 0 unspecified atom stereocenters. The van der Waals surface area contributed by atoms with Gasteiger partial charge in [0.25, 0.3) is 5.69 Å². The Balaban J connectivity index is 2.15. The largest absolute Gasteiger partial charge is 0.481 e. The number of pyridine rings is 1. The van der Waals surface area contributed by atoms with Crippen molar-refractivity contribution in [2.45, 2.75) is 6.54 Å². The smallest absolute Gasteiger partial charge is 0.289 e. The Morgan fingerprint density at radius 2 is 2.24 bits per heavy atom. The van der Waals surface area contributed by atoms with Crippen LogP contribution in [-0.4, -0.2) is 17.0 Å². The number of methoxy groups -OCH3 is 1. The Morgan fingerprint density at radius 3 is 2.90 bits per heavy atom. The van der Waals surface area contributed by atoms with E-state index in [9.17, 15) is 10.1 Å². The second-order valence-corrected chi connectivity index (χ2v) is 4.16. The maximum Gasteiger partial charge on any atom is 0.289 e. The van der Waals surface area contributed by atoms with Crippen LogP contribution in [0, 0.1) is 21.4 Å². The molecule has 0 saturated heterocycles. The molecule has 1 aromatic heterocycles. The average molecular weight is 284 g/mol. The fourth-order valence-corrected chi connectivity index (χ4v) is 1.76. The predicted molar refractivity (Wildman–Crippen MR) is 75.9 cm³/mol. The molecule has 2 rings (SSSR count). The molecule has 0 bridgehead atoms. The van der Waals surface area contributed by atoms with Gasteiger partial charge in [-0.15, -0.1) is 0 Å². The number of hydrogen-bond acceptors (Lipinski definition) is 6. The van der Waals surface area contributed by atoms with Crippen LogP contribution in [0.1, 0.15) is 11.1 Å². The molecule has 1 heterocycles. The molecule has 0 saturated carbocycles. The third-order valence-electron chi connectivity index (χ3n) is 2.82. The zero-order valence-corrected chi connectivity index (χ0v) is 11.2. The second-order valence-electron chi connectivity index (χ2n) is 4.16. The normalized spacial score (nSPS) is 9.71. The minimum absolute atomic E-state index is 0.0381. The van der Waals surface area contributed by atoms with Crippen molar-refractivity contribution in [3.63, 3.8) is 0 Å². The van der Waals surface area contributed by atoms with Gasteiger partial charge in [0.05, 0.1) is 12.0 Å². The fourth-order valence-electron chi connectivity index (χ4n) is 1.76. The number of nitrogens with one attached hydrogen (secondary N) is 1. The summed E-state index contributed by atoms with van der Waals surface area (Å²) in [5, 5.41) is 22.8. The molecule has 0 atom stereocenters. The number of ether oxygens (including phenoxy) is 1. The van der Waals surface area contributed by atoms with Crippen molar-refractivity contribution in [1.82, 2.24) is 4.98 Å². The van der Waals surface area contributed by atoms with Gasteiger partial charge >= 0.3 is 0 Å². The van der Waals surface area contributed by atoms with Gasteiger partial charge in [-0.05, 0) is 23.8 Å². The van der Waals surface area contributed by atoms with E-state index in [1.807, 2.05) is 6.07 Å². The van der Waals surface area contributed by atoms with E-state index in [1.54, 1.807) is 24.4 Å². The number of rotatable bonds is 5. The zero-order chi connectivity index (χ0) is 15.2. The molecule has 0 aliphatic heterocycles. The first-order valence-electron chi connectivity index (χ1n) is 6.05. The van der Waals surface area contributed by atoms with E-state index in [-0.39, 0.29) is 11.3 Å². The van der Waals surface area contributed by atoms with Gasteiger partial charge in [0, 0.05) is 30.6 Å². The quantitative estimate of drug-likeness (QED) is 0.668. The molecule has 21 heavy (non-hydrogen) atoms. The summed E-state index contributed by atoms with van der Waals surface area (Å²) < 4.78 is 5.02. The summed E-state index contributed by atoms with van der Waals surface area (Å²) in [7, 11) is 1.53. The van der Waals surface area contributed by atoms with E-state index < -0.39 is 4.92 Å². The van der Waals surface area contributed by atoms with Gasteiger partial charge in [0.1, 0.15) is 11.6 Å². The molecule has 0 fully saturated rings. The molecule has 106 valence electrons. The van der Waals surface area contributed by atoms with Gasteiger partial charge in [-0.25, -0.2) is 4.98 Å². The standard InChI is InChI=1S/C14H12N4O3/c1-21-14-6-10(4-5-16-14)9-17-12-3-2-11(8-15)13(7-12)18(19)20/h2-7,17H,9H2,1H3. The van der Waals surface area contributed by atoms with Crippen LogP contribution >= 0.6 is 0 Å². The van der Waals surface area contributed by atoms with Crippen molar-refractivity contribution in [3.05, 3.63) is 57.8 Å². The van der Waals surface area contributed by atoms with Crippen molar-refractivity contribution in [3.8, 4) is 11.9 Å². The molecule has 0 radical (unpaired) electrons. The number of nitrogens with zero attached hydrogens (tertiary/aromatic N) is 3. The van der Waals surface area contributed by atoms with Gasteiger partial charge in [0.2, 0.25) is 5.88 Å². The van der Waals surface area contributed by atoms with Crippen molar-refractivity contribution in [2.75, 3.05) is 12.4 Å². The zero-order valence-electron chi connectivity index (χ0n) is 11.2. The molecule has 0 aliphatic rings. The molecular formula is C14H12N4O3. The molecule has 7 heteroatoms. The fraction of sp³-hybridized carbons (Fsp3) is 0.143. The Kier molecular flexibility index (Phi) is 4.31. The first-order chi connectivity index (χ1) is 10.1. The highest BCUT2D eigenvalue weighted by Crippen LogP contribution is 2.23. The monoisotopic (exact) mass is 284 g/mol. The van der Waals surface area contributed by atoms with E-state index in [0.29, 0.717) is 18.1 Å². The lowest BCUT2D eigenvalue weighted by molar-refractivity contribution is -0.385. The molecular weight excluding hydrogens is 272 g/mol. The van der Waals surface area contributed by atoms with Crippen LogP contribution in [0.5, 0.6) is 5.88 Å². The van der Waals surface area contributed by atoms with E-state index in [1.165, 1.54) is 19.2 Å². The van der Waals surface area contributed by atoms with E-state index in [2.05, 4.69) is 10.3 Å². The topological polar surface area (TPSA) is 101 Å². The van der Waals surface area contributed by atoms with Crippen LogP contribution < -0.4 is 10.1 Å². The summed E-state index contributed by atoms with van der Waals surface area (Å²) in [4.78, 5) is 14.3. The summed E-state index contributed by atoms with van der Waals surface area (Å²) in [6, 6.07) is 9.78. The lowest BCUT2D eigenvalue weighted by Gasteiger charge is -2.07. The van der Waals surface area contributed by atoms with Crippen LogP contribution in [0.15, 0.2) is 36.5 Å². The number of nitro benzene ring substituents is 1. The molecule has 1 N–H and O–H groups in total. The van der Waals surface area contributed by atoms with Crippen molar-refractivity contribution in [1.29, 1.82) is 5.26 Å². The Bertz CT molecular complexity index is 710. The molecule has 0 spiro atoms. The second kappa shape index (κ2) is 6.34. The molecule has 0 amide bonds. The lowest BCUT2D eigenvalue weighted by Crippen LogP contribution is -2.01. The number of nitriles is 1. The summed E-state index contributed by atoms with van der Waals surface area (Å²) in [6.07, 6.45) is 1.62. The summed E-state index contributed by atoms with van der Waals surface area (Å²) >= 11 is 0. The lowest BCUT2D eigenvalue weighted by atomic mass is 10.1. The van der Waals surface area contributed by atoms with E-state index >= 15 is 0 Å². The van der Waals surface area contributed by atoms with Gasteiger partial charge < -0.3 is 10.1 Å². The van der Waals surface area contributed by atoms with Gasteiger partial charge in [-0.2, -0.15) is 5.26 Å². The first kappa shape index (κ1) is 14.3. The highest BCUT2D eigenvalue weighted by atomic mass is 16.6. The SMILES string of the molecule is COc1cc(CNc2ccc(C#N)c([N+](=O)[O-])c2)ccn1. The average Bonchev–Trinajstić information content (AvgIpc) is 2.52. The van der Waals surface area contributed by atoms with Crippen LogP contribution in [0.2, 0.25) is 0 Å². The molecule has 2 aromatic rings. The third-order valence-corrected chi connectivity index (χ3v) is 2.82. The van der Waals surface area contributed by atoms with Gasteiger partial charge in [-0.3, -0.25) is 10.1 Å². The van der Waals surface area contributed by atoms with Crippen molar-refractivity contribution in [2.24, 2.45) is 0 Å². The molecule has 0 aliphatic carbocycles. The summed E-state index contributed by atoms with van der Waals surface area (Å²) in [5.41, 5.74) is 1.32. The third kappa shape index (κ3) is 3.45. The van der Waals surface area contributed by atoms with Crippen LogP contribution in [-0.2, 0) is 6.54 Å². The molecule has 7 nitrogen and oxygen atoms in total. The van der Waals surface area contributed by atoms with Gasteiger partial charge in [-0.1, -0.05) is 0 Å². The van der Waals surface area contributed by atoms with E-state index in [4.69, 9.17) is 10.00 Å². The van der Waals surface area contributed by atoms with Crippen LogP contribution in [0.4, 0.5) is 11.4 Å². The minimum atomic E-state index is -0.570. The number of benzene rings is 1. The van der Waals surface area contributed by atoms with E-state index in [0.717, 1.165) is 5.56 Å². The number of anilines is 1. The Morgan fingerprint density at radius 1 is 1.43 bits per heavy atom. The maximum atomic E-state index is 10.9. The van der Waals surface area contributed by atoms with Crippen LogP contribution in [0.3, 0.4) is 0 Å².